The van der Waals surface area contributed by atoms with Gasteiger partial charge in [-0.3, -0.25) is 0 Å². The standard InChI is InChI=1S/C28H49N3O2/c1-3-4-5-6-7-8-9-10-11-12-13-14-15-16-17-18-22-25-31(2,27(29)30-28(32)33)26-23-20-19-21-24-26/h19-21,23-24H,3-18,22,25H2,1-2H3,(H2-,29,30,32,33)/p+1. The Morgan fingerprint density at radius 3 is 1.55 bits per heavy atom. The van der Waals surface area contributed by atoms with Gasteiger partial charge < -0.3 is 5.11 Å². The van der Waals surface area contributed by atoms with Crippen LogP contribution in [0.25, 0.3) is 0 Å². The van der Waals surface area contributed by atoms with E-state index < -0.39 is 6.09 Å². The van der Waals surface area contributed by atoms with Crippen LogP contribution < -0.4 is 9.80 Å². The van der Waals surface area contributed by atoms with Crippen LogP contribution in [0, 0.1) is 5.41 Å². The number of unbranched alkanes of at least 4 members (excludes halogenated alkanes) is 16. The molecule has 0 fully saturated rings. The van der Waals surface area contributed by atoms with Crippen molar-refractivity contribution in [2.24, 2.45) is 0 Å². The van der Waals surface area contributed by atoms with E-state index in [4.69, 9.17) is 10.5 Å². The first-order valence-corrected chi connectivity index (χ1v) is 13.5. The third kappa shape index (κ3) is 13.4. The zero-order chi connectivity index (χ0) is 24.2. The highest BCUT2D eigenvalue weighted by atomic mass is 16.4. The molecule has 0 bridgehead atoms. The van der Waals surface area contributed by atoms with Gasteiger partial charge in [-0.25, -0.2) is 20.0 Å². The Balaban J connectivity index is 2.08. The molecular weight excluding hydrogens is 410 g/mol. The molecule has 0 radical (unpaired) electrons. The van der Waals surface area contributed by atoms with E-state index in [9.17, 15) is 4.79 Å². The maximum Gasteiger partial charge on any atom is 0.414 e. The molecule has 1 aromatic rings. The second-order valence-electron chi connectivity index (χ2n) is 9.69. The lowest BCUT2D eigenvalue weighted by molar-refractivity contribution is 0.198. The quantitative estimate of drug-likeness (QED) is 0.0838. The second kappa shape index (κ2) is 18.5. The van der Waals surface area contributed by atoms with E-state index in [2.05, 4.69) is 12.2 Å². The van der Waals surface area contributed by atoms with Gasteiger partial charge in [-0.15, -0.1) is 0 Å². The monoisotopic (exact) mass is 460 g/mol. The maximum absolute atomic E-state index is 11.1. The molecule has 0 heterocycles. The van der Waals surface area contributed by atoms with E-state index in [-0.39, 0.29) is 10.4 Å². The predicted octanol–water partition coefficient (Wildman–Crippen LogP) is 8.48. The molecule has 0 saturated carbocycles. The summed E-state index contributed by atoms with van der Waals surface area (Å²) in [5, 5.41) is 19.6. The Bertz CT molecular complexity index is 635. The van der Waals surface area contributed by atoms with Crippen molar-refractivity contribution in [2.75, 3.05) is 13.6 Å². The molecular formula is C28H50N3O2+. The summed E-state index contributed by atoms with van der Waals surface area (Å²) in [6, 6.07) is 9.75. The number of rotatable bonds is 19. The molecule has 5 heteroatoms. The largest absolute Gasteiger partial charge is 0.465 e. The van der Waals surface area contributed by atoms with Gasteiger partial charge in [0.15, 0.2) is 0 Å². The van der Waals surface area contributed by atoms with Crippen molar-refractivity contribution in [1.29, 1.82) is 5.41 Å². The number of benzene rings is 1. The summed E-state index contributed by atoms with van der Waals surface area (Å²) >= 11 is 0. The third-order valence-electron chi connectivity index (χ3n) is 6.75. The number of guanidine groups is 1. The molecule has 1 rings (SSSR count). The van der Waals surface area contributed by atoms with E-state index in [0.29, 0.717) is 0 Å². The highest BCUT2D eigenvalue weighted by molar-refractivity contribution is 5.97. The van der Waals surface area contributed by atoms with E-state index >= 15 is 0 Å². The molecule has 0 aliphatic carbocycles. The Morgan fingerprint density at radius 2 is 1.15 bits per heavy atom. The summed E-state index contributed by atoms with van der Waals surface area (Å²) in [7, 11) is 1.92. The lowest BCUT2D eigenvalue weighted by Gasteiger charge is -2.32. The zero-order valence-corrected chi connectivity index (χ0v) is 21.4. The number of amides is 1. The minimum Gasteiger partial charge on any atom is -0.465 e. The fourth-order valence-electron chi connectivity index (χ4n) is 4.50. The van der Waals surface area contributed by atoms with Crippen LogP contribution in [-0.2, 0) is 0 Å². The van der Waals surface area contributed by atoms with Crippen LogP contribution in [0.5, 0.6) is 0 Å². The molecule has 5 nitrogen and oxygen atoms in total. The van der Waals surface area contributed by atoms with Gasteiger partial charge in [-0.05, 0) is 25.0 Å². The Morgan fingerprint density at radius 1 is 0.758 bits per heavy atom. The van der Waals surface area contributed by atoms with Crippen molar-refractivity contribution < 1.29 is 9.90 Å². The number of quaternary nitrogens is 1. The molecule has 0 aliphatic rings. The summed E-state index contributed by atoms with van der Waals surface area (Å²) in [5.41, 5.74) is 0.938. The number of nitrogens with zero attached hydrogens (tertiary/aromatic N) is 1. The van der Waals surface area contributed by atoms with Crippen LogP contribution in [0.1, 0.15) is 116 Å². The van der Waals surface area contributed by atoms with Crippen LogP contribution in [-0.4, -0.2) is 30.8 Å². The first kappa shape index (κ1) is 29.2. The molecule has 0 aliphatic heterocycles. The lowest BCUT2D eigenvalue weighted by Crippen LogP contribution is -2.57. The number of hydrogen-bond acceptors (Lipinski definition) is 2. The second-order valence-corrected chi connectivity index (χ2v) is 9.69. The number of carboxylic acid groups (broad SMARTS) is 1. The van der Waals surface area contributed by atoms with E-state index in [0.717, 1.165) is 25.1 Å². The van der Waals surface area contributed by atoms with Crippen LogP contribution in [0.3, 0.4) is 0 Å². The van der Waals surface area contributed by atoms with Crippen molar-refractivity contribution in [3.63, 3.8) is 0 Å². The first-order chi connectivity index (χ1) is 16.0. The highest BCUT2D eigenvalue weighted by Gasteiger charge is 2.32. The molecule has 188 valence electrons. The van der Waals surface area contributed by atoms with Crippen molar-refractivity contribution in [2.45, 2.75) is 116 Å². The summed E-state index contributed by atoms with van der Waals surface area (Å²) in [6.45, 7) is 3.00. The molecule has 1 unspecified atom stereocenters. The molecule has 0 saturated heterocycles. The number of nitrogens with one attached hydrogen (secondary N) is 2. The average molecular weight is 461 g/mol. The third-order valence-corrected chi connectivity index (χ3v) is 6.75. The Hall–Kier alpha value is -1.88. The molecule has 0 spiro atoms. The normalized spacial score (nSPS) is 12.9. The van der Waals surface area contributed by atoms with Gasteiger partial charge in [0.1, 0.15) is 5.69 Å². The number of hydrogen-bond donors (Lipinski definition) is 3. The minimum atomic E-state index is -1.18. The van der Waals surface area contributed by atoms with E-state index in [1.54, 1.807) is 0 Å². The molecule has 33 heavy (non-hydrogen) atoms. The minimum absolute atomic E-state index is 0.00481. The van der Waals surface area contributed by atoms with E-state index in [1.165, 1.54) is 96.3 Å². The van der Waals surface area contributed by atoms with Gasteiger partial charge in [0.2, 0.25) is 0 Å². The maximum atomic E-state index is 11.1. The van der Waals surface area contributed by atoms with Gasteiger partial charge in [-0.1, -0.05) is 121 Å². The highest BCUT2D eigenvalue weighted by Crippen LogP contribution is 2.22. The van der Waals surface area contributed by atoms with Gasteiger partial charge in [0.25, 0.3) is 0 Å². The molecule has 1 atom stereocenters. The summed E-state index contributed by atoms with van der Waals surface area (Å²) in [5.74, 6) is 0.00481. The molecule has 1 amide bonds. The average Bonchev–Trinajstić information content (AvgIpc) is 2.81. The Labute approximate surface area is 203 Å². The van der Waals surface area contributed by atoms with Crippen LogP contribution in [0.2, 0.25) is 0 Å². The predicted molar refractivity (Wildman–Crippen MR) is 142 cm³/mol. The van der Waals surface area contributed by atoms with Crippen molar-refractivity contribution in [3.05, 3.63) is 30.3 Å². The van der Waals surface area contributed by atoms with Gasteiger partial charge in [0.05, 0.1) is 13.6 Å². The zero-order valence-electron chi connectivity index (χ0n) is 21.4. The van der Waals surface area contributed by atoms with Crippen molar-refractivity contribution >= 4 is 17.7 Å². The fraction of sp³-hybridized carbons (Fsp3) is 0.714. The van der Waals surface area contributed by atoms with Crippen LogP contribution in [0.4, 0.5) is 10.5 Å². The van der Waals surface area contributed by atoms with Gasteiger partial charge in [0, 0.05) is 0 Å². The summed E-state index contributed by atoms with van der Waals surface area (Å²) in [6.07, 6.45) is 21.5. The smallest absolute Gasteiger partial charge is 0.414 e. The van der Waals surface area contributed by atoms with Crippen LogP contribution >= 0.6 is 0 Å². The molecule has 3 N–H and O–H groups in total. The Kier molecular flexibility index (Phi) is 16.4. The number of carbonyl (C=O) groups is 1. The fourth-order valence-corrected chi connectivity index (χ4v) is 4.50. The van der Waals surface area contributed by atoms with Crippen molar-refractivity contribution in [3.8, 4) is 0 Å². The van der Waals surface area contributed by atoms with Gasteiger partial charge >= 0.3 is 12.1 Å². The summed E-state index contributed by atoms with van der Waals surface area (Å²) < 4.78 is 0.186. The molecule has 0 aromatic heterocycles. The van der Waals surface area contributed by atoms with Crippen molar-refractivity contribution in [1.82, 2.24) is 9.80 Å². The SMILES string of the molecule is CCCCCCCCCCCCCCCCCCC[N+](C)(C(=N)NC(=O)O)c1ccccc1. The summed E-state index contributed by atoms with van der Waals surface area (Å²) in [4.78, 5) is 11.1. The van der Waals surface area contributed by atoms with Gasteiger partial charge in [-0.2, -0.15) is 0 Å². The topological polar surface area (TPSA) is 73.2 Å². The number of para-hydroxylation sites is 1. The first-order valence-electron chi connectivity index (χ1n) is 13.5. The van der Waals surface area contributed by atoms with E-state index in [1.807, 2.05) is 37.4 Å². The lowest BCUT2D eigenvalue weighted by atomic mass is 10.0. The molecule has 1 aromatic carbocycles. The van der Waals surface area contributed by atoms with Crippen LogP contribution in [0.15, 0.2) is 30.3 Å².